The Morgan fingerprint density at radius 3 is 2.46 bits per heavy atom. The number of piperidine rings is 1. The van der Waals surface area contributed by atoms with Crippen LogP contribution in [0.1, 0.15) is 36.0 Å². The second-order valence-electron chi connectivity index (χ2n) is 6.95. The molecule has 3 N–H and O–H groups in total. The minimum atomic E-state index is -3.67. The normalized spacial score (nSPS) is 20.0. The van der Waals surface area contributed by atoms with Crippen molar-refractivity contribution in [1.29, 1.82) is 0 Å². The van der Waals surface area contributed by atoms with E-state index < -0.39 is 21.6 Å². The van der Waals surface area contributed by atoms with Crippen molar-refractivity contribution in [2.75, 3.05) is 19.6 Å². The summed E-state index contributed by atoms with van der Waals surface area (Å²) in [5.74, 6) is -1.27. The average molecular weight is 382 g/mol. The van der Waals surface area contributed by atoms with Gasteiger partial charge in [-0.1, -0.05) is 6.07 Å². The summed E-state index contributed by atoms with van der Waals surface area (Å²) in [6.07, 6.45) is 1.93. The lowest BCUT2D eigenvalue weighted by atomic mass is 9.91. The number of sulfonamides is 1. The first-order valence-corrected chi connectivity index (χ1v) is 10.0. The van der Waals surface area contributed by atoms with Gasteiger partial charge in [0.05, 0.1) is 4.90 Å². The van der Waals surface area contributed by atoms with Crippen molar-refractivity contribution in [3.05, 3.63) is 29.8 Å². The second kappa shape index (κ2) is 6.98. The molecule has 9 heteroatoms. The maximum Gasteiger partial charge on any atom is 0.335 e. The molecule has 1 saturated carbocycles. The van der Waals surface area contributed by atoms with Gasteiger partial charge in [0.1, 0.15) is 0 Å². The van der Waals surface area contributed by atoms with Crippen LogP contribution in [0, 0.1) is 5.92 Å². The van der Waals surface area contributed by atoms with Crippen molar-refractivity contribution < 1.29 is 28.2 Å². The van der Waals surface area contributed by atoms with Crippen molar-refractivity contribution in [3.8, 4) is 0 Å². The van der Waals surface area contributed by atoms with Gasteiger partial charge in [0.25, 0.3) is 5.91 Å². The van der Waals surface area contributed by atoms with Gasteiger partial charge in [0, 0.05) is 38.0 Å². The standard InChI is InChI=1S/C17H22N2O6S/c20-15(19-8-6-17(23,7-9-19)16(21)22)13-2-1-3-14(10-13)26(24,25)18-11-12-4-5-12/h1-3,10,12,18,23H,4-9,11H2,(H,21,22). The first kappa shape index (κ1) is 18.8. The molecule has 8 nitrogen and oxygen atoms in total. The molecule has 142 valence electrons. The number of aliphatic hydroxyl groups is 1. The third kappa shape index (κ3) is 4.05. The van der Waals surface area contributed by atoms with Gasteiger partial charge in [0.2, 0.25) is 10.0 Å². The Labute approximate surface area is 151 Å². The molecule has 1 aliphatic carbocycles. The van der Waals surface area contributed by atoms with Gasteiger partial charge in [-0.05, 0) is 37.0 Å². The maximum absolute atomic E-state index is 12.6. The van der Waals surface area contributed by atoms with Crippen LogP contribution in [0.15, 0.2) is 29.2 Å². The first-order chi connectivity index (χ1) is 12.2. The lowest BCUT2D eigenvalue weighted by molar-refractivity contribution is -0.162. The van der Waals surface area contributed by atoms with Gasteiger partial charge in [-0.2, -0.15) is 0 Å². The Morgan fingerprint density at radius 1 is 1.23 bits per heavy atom. The van der Waals surface area contributed by atoms with Gasteiger partial charge < -0.3 is 15.1 Å². The van der Waals surface area contributed by atoms with Gasteiger partial charge in [0.15, 0.2) is 5.60 Å². The van der Waals surface area contributed by atoms with E-state index in [0.29, 0.717) is 12.5 Å². The van der Waals surface area contributed by atoms with E-state index in [1.165, 1.54) is 29.2 Å². The smallest absolute Gasteiger partial charge is 0.335 e. The fraction of sp³-hybridized carbons (Fsp3) is 0.529. The second-order valence-corrected chi connectivity index (χ2v) is 8.72. The molecule has 0 bridgehead atoms. The summed E-state index contributed by atoms with van der Waals surface area (Å²) in [5, 5.41) is 19.0. The molecule has 3 rings (SSSR count). The molecular formula is C17H22N2O6S. The molecule has 2 aliphatic rings. The largest absolute Gasteiger partial charge is 0.479 e. The zero-order valence-corrected chi connectivity index (χ0v) is 15.0. The van der Waals surface area contributed by atoms with Crippen LogP contribution in [0.25, 0.3) is 0 Å². The lowest BCUT2D eigenvalue weighted by Gasteiger charge is -2.35. The van der Waals surface area contributed by atoms with Crippen molar-refractivity contribution >= 4 is 21.9 Å². The van der Waals surface area contributed by atoms with Crippen LogP contribution in [0.5, 0.6) is 0 Å². The highest BCUT2D eigenvalue weighted by molar-refractivity contribution is 7.89. The minimum absolute atomic E-state index is 0.0306. The third-order valence-electron chi connectivity index (χ3n) is 4.93. The minimum Gasteiger partial charge on any atom is -0.479 e. The number of amides is 1. The Morgan fingerprint density at radius 2 is 1.88 bits per heavy atom. The number of rotatable bonds is 6. The average Bonchev–Trinajstić information content (AvgIpc) is 3.45. The predicted octanol–water partition coefficient (Wildman–Crippen LogP) is 0.427. The molecule has 0 atom stereocenters. The van der Waals surface area contributed by atoms with Crippen LogP contribution in [-0.4, -0.2) is 60.6 Å². The van der Waals surface area contributed by atoms with Crippen molar-refractivity contribution in [2.45, 2.75) is 36.2 Å². The fourth-order valence-corrected chi connectivity index (χ4v) is 4.07. The van der Waals surface area contributed by atoms with Gasteiger partial charge in [-0.25, -0.2) is 17.9 Å². The number of carboxylic acid groups (broad SMARTS) is 1. The Kier molecular flexibility index (Phi) is 5.05. The maximum atomic E-state index is 12.6. The molecule has 0 aromatic heterocycles. The number of benzene rings is 1. The van der Waals surface area contributed by atoms with E-state index in [1.807, 2.05) is 0 Å². The number of aliphatic carboxylic acids is 1. The Bertz CT molecular complexity index is 810. The number of carbonyl (C=O) groups is 2. The predicted molar refractivity (Wildman–Crippen MR) is 92.1 cm³/mol. The van der Waals surface area contributed by atoms with E-state index in [1.54, 1.807) is 0 Å². The van der Waals surface area contributed by atoms with Gasteiger partial charge >= 0.3 is 5.97 Å². The first-order valence-electron chi connectivity index (χ1n) is 8.56. The summed E-state index contributed by atoms with van der Waals surface area (Å²) < 4.78 is 27.2. The number of hydrogen-bond donors (Lipinski definition) is 3. The molecule has 1 aliphatic heterocycles. The number of nitrogens with zero attached hydrogens (tertiary/aromatic N) is 1. The topological polar surface area (TPSA) is 124 Å². The lowest BCUT2D eigenvalue weighted by Crippen LogP contribution is -2.50. The van der Waals surface area contributed by atoms with Gasteiger partial charge in [-0.3, -0.25) is 4.79 Å². The quantitative estimate of drug-likeness (QED) is 0.655. The van der Waals surface area contributed by atoms with E-state index in [0.717, 1.165) is 12.8 Å². The Hall–Kier alpha value is -1.97. The highest BCUT2D eigenvalue weighted by atomic mass is 32.2. The summed E-state index contributed by atoms with van der Waals surface area (Å²) in [5.41, 5.74) is -1.59. The molecule has 1 saturated heterocycles. The molecular weight excluding hydrogens is 360 g/mol. The summed E-state index contributed by atoms with van der Waals surface area (Å²) in [4.78, 5) is 25.1. The molecule has 1 amide bonds. The van der Waals surface area contributed by atoms with Gasteiger partial charge in [-0.15, -0.1) is 0 Å². The zero-order valence-electron chi connectivity index (χ0n) is 14.2. The number of likely N-dealkylation sites (tertiary alicyclic amines) is 1. The number of hydrogen-bond acceptors (Lipinski definition) is 5. The van der Waals surface area contributed by atoms with E-state index in [-0.39, 0.29) is 42.3 Å². The van der Waals surface area contributed by atoms with E-state index >= 15 is 0 Å². The Balaban J connectivity index is 1.69. The molecule has 0 radical (unpaired) electrons. The van der Waals surface area contributed by atoms with E-state index in [4.69, 9.17) is 5.11 Å². The number of carbonyl (C=O) groups excluding carboxylic acids is 1. The van der Waals surface area contributed by atoms with Crippen molar-refractivity contribution in [2.24, 2.45) is 5.92 Å². The molecule has 1 heterocycles. The molecule has 1 aromatic carbocycles. The molecule has 2 fully saturated rings. The highest BCUT2D eigenvalue weighted by Crippen LogP contribution is 2.28. The third-order valence-corrected chi connectivity index (χ3v) is 6.35. The van der Waals surface area contributed by atoms with E-state index in [9.17, 15) is 23.1 Å². The number of nitrogens with one attached hydrogen (secondary N) is 1. The molecule has 26 heavy (non-hydrogen) atoms. The van der Waals surface area contributed by atoms with E-state index in [2.05, 4.69) is 4.72 Å². The summed E-state index contributed by atoms with van der Waals surface area (Å²) in [7, 11) is -3.67. The van der Waals surface area contributed by atoms with Crippen LogP contribution in [-0.2, 0) is 14.8 Å². The fourth-order valence-electron chi connectivity index (χ4n) is 2.91. The van der Waals surface area contributed by atoms with Crippen LogP contribution in [0.3, 0.4) is 0 Å². The monoisotopic (exact) mass is 382 g/mol. The highest BCUT2D eigenvalue weighted by Gasteiger charge is 2.40. The van der Waals surface area contributed by atoms with Crippen molar-refractivity contribution in [1.82, 2.24) is 9.62 Å². The van der Waals surface area contributed by atoms with Crippen LogP contribution in [0.2, 0.25) is 0 Å². The van der Waals surface area contributed by atoms with Crippen molar-refractivity contribution in [3.63, 3.8) is 0 Å². The number of carboxylic acids is 1. The zero-order chi connectivity index (χ0) is 18.9. The molecule has 0 spiro atoms. The van der Waals surface area contributed by atoms with Crippen LogP contribution >= 0.6 is 0 Å². The molecule has 1 aromatic rings. The van der Waals surface area contributed by atoms with Crippen LogP contribution in [0.4, 0.5) is 0 Å². The summed E-state index contributed by atoms with van der Waals surface area (Å²) in [6, 6.07) is 5.80. The summed E-state index contributed by atoms with van der Waals surface area (Å²) >= 11 is 0. The SMILES string of the molecule is O=C(c1cccc(S(=O)(=O)NCC2CC2)c1)N1CCC(O)(C(=O)O)CC1. The summed E-state index contributed by atoms with van der Waals surface area (Å²) in [6.45, 7) is 0.595. The molecule has 0 unspecified atom stereocenters. The van der Waals surface area contributed by atoms with Crippen LogP contribution < -0.4 is 4.72 Å².